The van der Waals surface area contributed by atoms with E-state index in [9.17, 15) is 0 Å². The lowest BCUT2D eigenvalue weighted by atomic mass is 10.2. The quantitative estimate of drug-likeness (QED) is 0.786. The molecule has 0 radical (unpaired) electrons. The van der Waals surface area contributed by atoms with Crippen molar-refractivity contribution in [1.82, 2.24) is 19.7 Å². The molecule has 0 aliphatic carbocycles. The van der Waals surface area contributed by atoms with Crippen molar-refractivity contribution in [3.8, 4) is 0 Å². The van der Waals surface area contributed by atoms with Crippen LogP contribution in [0.5, 0.6) is 0 Å². The molecular formula is C16H26N4O. The van der Waals surface area contributed by atoms with Gasteiger partial charge >= 0.3 is 0 Å². The van der Waals surface area contributed by atoms with Gasteiger partial charge in [-0.3, -0.25) is 4.68 Å². The Morgan fingerprint density at radius 2 is 2.10 bits per heavy atom. The summed E-state index contributed by atoms with van der Waals surface area (Å²) < 4.78 is 7.55. The van der Waals surface area contributed by atoms with Gasteiger partial charge in [0, 0.05) is 31.2 Å². The molecule has 0 aliphatic heterocycles. The van der Waals surface area contributed by atoms with E-state index in [1.54, 1.807) is 6.26 Å². The predicted octanol–water partition coefficient (Wildman–Crippen LogP) is 3.13. The van der Waals surface area contributed by atoms with Crippen molar-refractivity contribution in [2.75, 3.05) is 13.6 Å². The Labute approximate surface area is 127 Å². The Morgan fingerprint density at radius 3 is 2.67 bits per heavy atom. The Balaban J connectivity index is 1.76. The predicted molar refractivity (Wildman–Crippen MR) is 83.2 cm³/mol. The number of rotatable bonds is 7. The van der Waals surface area contributed by atoms with Crippen molar-refractivity contribution in [3.05, 3.63) is 35.3 Å². The van der Waals surface area contributed by atoms with E-state index in [1.165, 1.54) is 5.69 Å². The molecule has 0 N–H and O–H groups in total. The second-order valence-electron chi connectivity index (χ2n) is 6.07. The molecule has 2 aromatic rings. The average Bonchev–Trinajstić information content (AvgIpc) is 2.97. The van der Waals surface area contributed by atoms with E-state index in [-0.39, 0.29) is 0 Å². The third kappa shape index (κ3) is 4.43. The van der Waals surface area contributed by atoms with Gasteiger partial charge in [0.15, 0.2) is 5.89 Å². The van der Waals surface area contributed by atoms with Gasteiger partial charge in [-0.25, -0.2) is 4.98 Å². The van der Waals surface area contributed by atoms with Crippen molar-refractivity contribution >= 4 is 0 Å². The molecule has 0 fully saturated rings. The van der Waals surface area contributed by atoms with Crippen LogP contribution >= 0.6 is 0 Å². The van der Waals surface area contributed by atoms with Crippen LogP contribution in [-0.2, 0) is 13.1 Å². The highest BCUT2D eigenvalue weighted by molar-refractivity contribution is 5.06. The molecule has 2 aromatic heterocycles. The standard InChI is InChI=1S/C16H26N4O/c1-12(2)16-17-15(11-21-16)10-19(5)7-6-8-20-14(4)9-13(3)18-20/h9,11-12H,6-8,10H2,1-5H3. The van der Waals surface area contributed by atoms with Gasteiger partial charge in [0.25, 0.3) is 0 Å². The van der Waals surface area contributed by atoms with Crippen LogP contribution in [0, 0.1) is 13.8 Å². The highest BCUT2D eigenvalue weighted by atomic mass is 16.3. The second-order valence-corrected chi connectivity index (χ2v) is 6.07. The summed E-state index contributed by atoms with van der Waals surface area (Å²) in [6.45, 7) is 11.1. The molecule has 0 amide bonds. The van der Waals surface area contributed by atoms with Crippen LogP contribution in [0.2, 0.25) is 0 Å². The minimum Gasteiger partial charge on any atom is -0.448 e. The van der Waals surface area contributed by atoms with Crippen LogP contribution in [0.15, 0.2) is 16.7 Å². The fourth-order valence-corrected chi connectivity index (χ4v) is 2.41. The van der Waals surface area contributed by atoms with Crippen LogP contribution in [0.1, 0.15) is 49.2 Å². The zero-order chi connectivity index (χ0) is 15.4. The van der Waals surface area contributed by atoms with Crippen molar-refractivity contribution in [2.45, 2.75) is 53.1 Å². The number of hydrogen-bond donors (Lipinski definition) is 0. The molecule has 0 aromatic carbocycles. The number of aryl methyl sites for hydroxylation is 3. The monoisotopic (exact) mass is 290 g/mol. The maximum Gasteiger partial charge on any atom is 0.196 e. The first kappa shape index (κ1) is 15.8. The molecule has 2 rings (SSSR count). The van der Waals surface area contributed by atoms with Gasteiger partial charge in [-0.1, -0.05) is 13.8 Å². The van der Waals surface area contributed by atoms with Gasteiger partial charge < -0.3 is 9.32 Å². The largest absolute Gasteiger partial charge is 0.448 e. The normalized spacial score (nSPS) is 11.8. The van der Waals surface area contributed by atoms with E-state index in [4.69, 9.17) is 4.42 Å². The van der Waals surface area contributed by atoms with Crippen LogP contribution in [0.3, 0.4) is 0 Å². The minimum atomic E-state index is 0.343. The van der Waals surface area contributed by atoms with Crippen molar-refractivity contribution < 1.29 is 4.42 Å². The van der Waals surface area contributed by atoms with Crippen LogP contribution in [0.4, 0.5) is 0 Å². The second kappa shape index (κ2) is 6.89. The molecule has 21 heavy (non-hydrogen) atoms. The number of oxazole rings is 1. The molecule has 0 saturated heterocycles. The molecule has 116 valence electrons. The minimum absolute atomic E-state index is 0.343. The highest BCUT2D eigenvalue weighted by Gasteiger charge is 2.09. The molecule has 5 heteroatoms. The number of hydrogen-bond acceptors (Lipinski definition) is 4. The molecule has 2 heterocycles. The summed E-state index contributed by atoms with van der Waals surface area (Å²) in [6, 6.07) is 2.12. The first-order valence-corrected chi connectivity index (χ1v) is 7.59. The maximum absolute atomic E-state index is 5.47. The summed E-state index contributed by atoms with van der Waals surface area (Å²) in [5, 5.41) is 4.48. The van der Waals surface area contributed by atoms with Crippen molar-refractivity contribution in [2.24, 2.45) is 0 Å². The molecular weight excluding hydrogens is 264 g/mol. The van der Waals surface area contributed by atoms with Crippen LogP contribution in [0.25, 0.3) is 0 Å². The summed E-state index contributed by atoms with van der Waals surface area (Å²) in [5.41, 5.74) is 3.32. The SMILES string of the molecule is Cc1cc(C)n(CCCN(C)Cc2coc(C(C)C)n2)n1. The molecule has 0 spiro atoms. The summed E-state index contributed by atoms with van der Waals surface area (Å²) in [7, 11) is 2.12. The fraction of sp³-hybridized carbons (Fsp3) is 0.625. The molecule has 0 unspecified atom stereocenters. The zero-order valence-electron chi connectivity index (χ0n) is 13.8. The fourth-order valence-electron chi connectivity index (χ4n) is 2.41. The molecule has 5 nitrogen and oxygen atoms in total. The smallest absolute Gasteiger partial charge is 0.196 e. The third-order valence-electron chi connectivity index (χ3n) is 3.51. The van der Waals surface area contributed by atoms with Crippen molar-refractivity contribution in [3.63, 3.8) is 0 Å². The van der Waals surface area contributed by atoms with Gasteiger partial charge in [0.2, 0.25) is 0 Å². The Hall–Kier alpha value is -1.62. The highest BCUT2D eigenvalue weighted by Crippen LogP contribution is 2.14. The molecule has 0 bridgehead atoms. The van der Waals surface area contributed by atoms with Gasteiger partial charge in [-0.05, 0) is 33.4 Å². The van der Waals surface area contributed by atoms with E-state index >= 15 is 0 Å². The van der Waals surface area contributed by atoms with Gasteiger partial charge in [0.1, 0.15) is 6.26 Å². The van der Waals surface area contributed by atoms with Crippen LogP contribution in [-0.4, -0.2) is 33.3 Å². The average molecular weight is 290 g/mol. The number of nitrogens with zero attached hydrogens (tertiary/aromatic N) is 4. The van der Waals surface area contributed by atoms with E-state index < -0.39 is 0 Å². The lowest BCUT2D eigenvalue weighted by Gasteiger charge is -2.15. The summed E-state index contributed by atoms with van der Waals surface area (Å²) in [5.74, 6) is 1.16. The number of aromatic nitrogens is 3. The van der Waals surface area contributed by atoms with Crippen molar-refractivity contribution in [1.29, 1.82) is 0 Å². The molecule has 0 atom stereocenters. The van der Waals surface area contributed by atoms with Gasteiger partial charge in [0.05, 0.1) is 11.4 Å². The summed E-state index contributed by atoms with van der Waals surface area (Å²) in [6.07, 6.45) is 2.85. The first-order valence-electron chi connectivity index (χ1n) is 7.59. The van der Waals surface area contributed by atoms with Gasteiger partial charge in [-0.15, -0.1) is 0 Å². The van der Waals surface area contributed by atoms with E-state index in [0.717, 1.165) is 43.3 Å². The third-order valence-corrected chi connectivity index (χ3v) is 3.51. The van der Waals surface area contributed by atoms with Gasteiger partial charge in [-0.2, -0.15) is 5.10 Å². The lowest BCUT2D eigenvalue weighted by molar-refractivity contribution is 0.307. The topological polar surface area (TPSA) is 47.1 Å². The maximum atomic E-state index is 5.47. The Kier molecular flexibility index (Phi) is 5.17. The van der Waals surface area contributed by atoms with Crippen LogP contribution < -0.4 is 0 Å². The summed E-state index contributed by atoms with van der Waals surface area (Å²) >= 11 is 0. The zero-order valence-corrected chi connectivity index (χ0v) is 13.8. The Bertz CT molecular complexity index is 571. The first-order chi connectivity index (χ1) is 9.95. The molecule has 0 saturated carbocycles. The van der Waals surface area contributed by atoms with E-state index in [0.29, 0.717) is 5.92 Å². The Morgan fingerprint density at radius 1 is 1.33 bits per heavy atom. The molecule has 0 aliphatic rings. The lowest BCUT2D eigenvalue weighted by Crippen LogP contribution is -2.21. The summed E-state index contributed by atoms with van der Waals surface area (Å²) in [4.78, 5) is 6.78. The van der Waals surface area contributed by atoms with E-state index in [2.05, 4.69) is 53.5 Å². The van der Waals surface area contributed by atoms with E-state index in [1.807, 2.05) is 6.92 Å².